The maximum Gasteiger partial charge on any atom is 0.103 e. The molecule has 3 heteroatoms. The molecule has 0 spiro atoms. The summed E-state index contributed by atoms with van der Waals surface area (Å²) in [5, 5.41) is 3.42. The molecule has 2 N–H and O–H groups in total. The van der Waals surface area contributed by atoms with Gasteiger partial charge in [0.2, 0.25) is 0 Å². The van der Waals surface area contributed by atoms with Crippen molar-refractivity contribution in [1.29, 1.82) is 0 Å². The first-order valence-electron chi connectivity index (χ1n) is 7.99. The number of piperidine rings is 1. The molecular formula is C17H32N2S. The van der Waals surface area contributed by atoms with E-state index in [1.807, 2.05) is 33.8 Å². The maximum atomic E-state index is 5.13. The summed E-state index contributed by atoms with van der Waals surface area (Å²) in [5.41, 5.74) is 3.09. The third-order valence-electron chi connectivity index (χ3n) is 3.66. The van der Waals surface area contributed by atoms with E-state index in [0.29, 0.717) is 5.41 Å². The molecule has 0 bridgehead atoms. The molecule has 0 atom stereocenters. The highest BCUT2D eigenvalue weighted by atomic mass is 32.1. The molecule has 0 aliphatic carbocycles. The molecule has 1 aliphatic heterocycles. The van der Waals surface area contributed by atoms with Crippen LogP contribution in [0.2, 0.25) is 0 Å². The van der Waals surface area contributed by atoms with Crippen LogP contribution in [-0.2, 0) is 6.42 Å². The van der Waals surface area contributed by atoms with Gasteiger partial charge in [0.05, 0.1) is 0 Å². The van der Waals surface area contributed by atoms with Gasteiger partial charge < -0.3 is 10.3 Å². The summed E-state index contributed by atoms with van der Waals surface area (Å²) >= 11 is 5.13. The van der Waals surface area contributed by atoms with Crippen molar-refractivity contribution in [3.05, 3.63) is 28.0 Å². The Labute approximate surface area is 130 Å². The number of hydrogen-bond acceptors (Lipinski definition) is 2. The quantitative estimate of drug-likeness (QED) is 0.748. The molecule has 1 saturated heterocycles. The first-order valence-corrected chi connectivity index (χ1v) is 8.39. The van der Waals surface area contributed by atoms with E-state index in [2.05, 4.69) is 30.2 Å². The van der Waals surface area contributed by atoms with Gasteiger partial charge in [0.25, 0.3) is 0 Å². The Hall–Kier alpha value is -0.670. The standard InChI is InChI=1S/C13H20N2S.2C2H6/c1-10-11(3-4-12(16)15-10)9-13(2)5-7-14-8-6-13;2*1-2/h3-4,14H,5-9H2,1-2H3,(H,15,16);2*1-2H3. The smallest absolute Gasteiger partial charge is 0.103 e. The van der Waals surface area contributed by atoms with Gasteiger partial charge in [-0.05, 0) is 56.3 Å². The van der Waals surface area contributed by atoms with Crippen molar-refractivity contribution in [2.75, 3.05) is 13.1 Å². The second kappa shape index (κ2) is 10.1. The average Bonchev–Trinajstić information content (AvgIpc) is 2.47. The highest BCUT2D eigenvalue weighted by Crippen LogP contribution is 2.32. The zero-order chi connectivity index (χ0) is 15.6. The number of aryl methyl sites for hydroxylation is 1. The molecule has 1 fully saturated rings. The van der Waals surface area contributed by atoms with Crippen molar-refractivity contribution in [2.24, 2.45) is 5.41 Å². The fraction of sp³-hybridized carbons (Fsp3) is 0.706. The van der Waals surface area contributed by atoms with Crippen LogP contribution < -0.4 is 5.32 Å². The average molecular weight is 297 g/mol. The van der Waals surface area contributed by atoms with Crippen molar-refractivity contribution >= 4 is 12.2 Å². The van der Waals surface area contributed by atoms with E-state index in [9.17, 15) is 0 Å². The topological polar surface area (TPSA) is 27.8 Å². The minimum absolute atomic E-state index is 0.451. The van der Waals surface area contributed by atoms with Crippen molar-refractivity contribution in [1.82, 2.24) is 10.3 Å². The van der Waals surface area contributed by atoms with Gasteiger partial charge >= 0.3 is 0 Å². The zero-order valence-electron chi connectivity index (χ0n) is 14.1. The minimum atomic E-state index is 0.451. The first kappa shape index (κ1) is 19.3. The molecule has 0 unspecified atom stereocenters. The molecule has 2 rings (SSSR count). The number of rotatable bonds is 2. The Balaban J connectivity index is 0.000000829. The van der Waals surface area contributed by atoms with E-state index in [4.69, 9.17) is 12.2 Å². The summed E-state index contributed by atoms with van der Waals surface area (Å²) in [7, 11) is 0. The SMILES string of the molecule is CC.CC.Cc1[nH]c(=S)ccc1CC1(C)CCNCC1. The largest absolute Gasteiger partial charge is 0.350 e. The summed E-state index contributed by atoms with van der Waals surface area (Å²) in [4.78, 5) is 3.24. The number of H-pyrrole nitrogens is 1. The maximum absolute atomic E-state index is 5.13. The van der Waals surface area contributed by atoms with Crippen LogP contribution in [0.4, 0.5) is 0 Å². The van der Waals surface area contributed by atoms with Gasteiger partial charge in [-0.3, -0.25) is 0 Å². The summed E-state index contributed by atoms with van der Waals surface area (Å²) in [6, 6.07) is 4.18. The molecule has 0 aromatic carbocycles. The molecule has 116 valence electrons. The van der Waals surface area contributed by atoms with Gasteiger partial charge in [-0.1, -0.05) is 52.9 Å². The van der Waals surface area contributed by atoms with Crippen LogP contribution in [0.1, 0.15) is 58.7 Å². The van der Waals surface area contributed by atoms with Crippen molar-refractivity contribution in [3.63, 3.8) is 0 Å². The van der Waals surface area contributed by atoms with Crippen molar-refractivity contribution < 1.29 is 0 Å². The summed E-state index contributed by atoms with van der Waals surface area (Å²) in [6.45, 7) is 14.8. The van der Waals surface area contributed by atoms with Crippen LogP contribution in [0.5, 0.6) is 0 Å². The lowest BCUT2D eigenvalue weighted by molar-refractivity contribution is 0.227. The highest BCUT2D eigenvalue weighted by molar-refractivity contribution is 7.71. The summed E-state index contributed by atoms with van der Waals surface area (Å²) in [5.74, 6) is 0. The van der Waals surface area contributed by atoms with E-state index >= 15 is 0 Å². The van der Waals surface area contributed by atoms with E-state index in [0.717, 1.165) is 24.2 Å². The molecule has 1 aromatic rings. The zero-order valence-corrected chi connectivity index (χ0v) is 14.9. The molecule has 1 aromatic heterocycles. The molecule has 2 heterocycles. The molecule has 20 heavy (non-hydrogen) atoms. The Morgan fingerprint density at radius 2 is 1.65 bits per heavy atom. The number of aromatic amines is 1. The lowest BCUT2D eigenvalue weighted by atomic mass is 9.76. The fourth-order valence-corrected chi connectivity index (χ4v) is 2.69. The van der Waals surface area contributed by atoms with Gasteiger partial charge in [-0.25, -0.2) is 0 Å². The number of hydrogen-bond donors (Lipinski definition) is 2. The molecule has 2 nitrogen and oxygen atoms in total. The Bertz CT molecular complexity index is 417. The molecule has 0 amide bonds. The third kappa shape index (κ3) is 6.19. The van der Waals surface area contributed by atoms with Crippen LogP contribution in [0, 0.1) is 17.0 Å². The molecule has 1 aliphatic rings. The lowest BCUT2D eigenvalue weighted by Crippen LogP contribution is -2.36. The third-order valence-corrected chi connectivity index (χ3v) is 3.89. The van der Waals surface area contributed by atoms with Gasteiger partial charge in [-0.15, -0.1) is 0 Å². The fourth-order valence-electron chi connectivity index (χ4n) is 2.47. The normalized spacial score (nSPS) is 16.3. The van der Waals surface area contributed by atoms with E-state index < -0.39 is 0 Å². The van der Waals surface area contributed by atoms with Crippen LogP contribution in [0.25, 0.3) is 0 Å². The van der Waals surface area contributed by atoms with Gasteiger partial charge in [0.15, 0.2) is 0 Å². The van der Waals surface area contributed by atoms with Gasteiger partial charge in [0.1, 0.15) is 4.64 Å². The van der Waals surface area contributed by atoms with Crippen molar-refractivity contribution in [2.45, 2.75) is 60.8 Å². The molecule has 0 radical (unpaired) electrons. The van der Waals surface area contributed by atoms with E-state index in [1.54, 1.807) is 0 Å². The second-order valence-corrected chi connectivity index (χ2v) is 5.65. The Morgan fingerprint density at radius 1 is 1.10 bits per heavy atom. The highest BCUT2D eigenvalue weighted by Gasteiger charge is 2.27. The van der Waals surface area contributed by atoms with E-state index in [1.165, 1.54) is 24.1 Å². The molecular weight excluding hydrogens is 264 g/mol. The van der Waals surface area contributed by atoms with Gasteiger partial charge in [-0.2, -0.15) is 0 Å². The monoisotopic (exact) mass is 296 g/mol. The Morgan fingerprint density at radius 3 is 2.15 bits per heavy atom. The Kier molecular flexibility index (Phi) is 9.78. The summed E-state index contributed by atoms with van der Waals surface area (Å²) < 4.78 is 0.830. The minimum Gasteiger partial charge on any atom is -0.350 e. The predicted molar refractivity (Wildman–Crippen MR) is 93.0 cm³/mol. The summed E-state index contributed by atoms with van der Waals surface area (Å²) in [6.07, 6.45) is 3.69. The van der Waals surface area contributed by atoms with Crippen molar-refractivity contribution in [3.8, 4) is 0 Å². The molecule has 0 saturated carbocycles. The second-order valence-electron chi connectivity index (χ2n) is 5.21. The van der Waals surface area contributed by atoms with Crippen LogP contribution in [0.15, 0.2) is 12.1 Å². The number of aromatic nitrogens is 1. The van der Waals surface area contributed by atoms with E-state index in [-0.39, 0.29) is 0 Å². The van der Waals surface area contributed by atoms with Crippen LogP contribution in [0.3, 0.4) is 0 Å². The number of nitrogens with one attached hydrogen (secondary N) is 2. The number of pyridine rings is 1. The van der Waals surface area contributed by atoms with Gasteiger partial charge in [0, 0.05) is 5.69 Å². The lowest BCUT2D eigenvalue weighted by Gasteiger charge is -2.34. The van der Waals surface area contributed by atoms with Crippen LogP contribution in [-0.4, -0.2) is 18.1 Å². The van der Waals surface area contributed by atoms with Crippen LogP contribution >= 0.6 is 12.2 Å². The first-order chi connectivity index (χ1) is 9.59. The predicted octanol–water partition coefficient (Wildman–Crippen LogP) is 5.04.